The van der Waals surface area contributed by atoms with Crippen molar-refractivity contribution in [3.8, 4) is 39.1 Å². The fourth-order valence-electron chi connectivity index (χ4n) is 8.44. The van der Waals surface area contributed by atoms with E-state index in [1.165, 1.54) is 75.4 Å². The van der Waals surface area contributed by atoms with Crippen molar-refractivity contribution < 1.29 is 0 Å². The van der Waals surface area contributed by atoms with Crippen LogP contribution in [0.5, 0.6) is 0 Å². The minimum Gasteiger partial charge on any atom is -0.310 e. The van der Waals surface area contributed by atoms with Gasteiger partial charge in [-0.1, -0.05) is 146 Å². The monoisotopic (exact) mass is 744 g/mol. The van der Waals surface area contributed by atoms with Crippen molar-refractivity contribution in [1.82, 2.24) is 4.57 Å². The van der Waals surface area contributed by atoms with Gasteiger partial charge in [-0.25, -0.2) is 0 Å². The third kappa shape index (κ3) is 5.88. The summed E-state index contributed by atoms with van der Waals surface area (Å²) in [5.41, 5.74) is 14.1. The minimum absolute atomic E-state index is 1.12. The van der Waals surface area contributed by atoms with Gasteiger partial charge in [0.25, 0.3) is 0 Å². The standard InChI is InChI=1S/C54H36N2S/c1-3-13-37(14-4-1)38-25-28-44(29-26-38)56-51-23-9-7-21-47(51)48-31-27-42(35-52(48)56)40-16-11-15-39(33-40)41-17-12-20-45(34-41)55(43-18-5-2-6-19-43)46-30-32-50-49-22-8-10-24-53(49)57-54(50)36-46/h1-36H. The molecule has 0 radical (unpaired) electrons. The summed E-state index contributed by atoms with van der Waals surface area (Å²) < 4.78 is 5.01. The third-order valence-corrected chi connectivity index (χ3v) is 12.3. The van der Waals surface area contributed by atoms with Gasteiger partial charge in [0.1, 0.15) is 0 Å². The van der Waals surface area contributed by atoms with Crippen LogP contribution in [-0.4, -0.2) is 4.57 Å². The van der Waals surface area contributed by atoms with E-state index in [4.69, 9.17) is 0 Å². The number of hydrogen-bond donors (Lipinski definition) is 0. The molecule has 0 bridgehead atoms. The Hall–Kier alpha value is -7.20. The summed E-state index contributed by atoms with van der Waals surface area (Å²) in [6.07, 6.45) is 0. The lowest BCUT2D eigenvalue weighted by molar-refractivity contribution is 1.18. The molecule has 57 heavy (non-hydrogen) atoms. The van der Waals surface area contributed by atoms with E-state index in [0.717, 1.165) is 22.7 Å². The van der Waals surface area contributed by atoms with Crippen LogP contribution in [0.3, 0.4) is 0 Å². The topological polar surface area (TPSA) is 8.17 Å². The van der Waals surface area contributed by atoms with Gasteiger partial charge < -0.3 is 9.47 Å². The number of aromatic nitrogens is 1. The zero-order chi connectivity index (χ0) is 37.7. The molecular weight excluding hydrogens is 709 g/mol. The molecule has 3 heteroatoms. The molecule has 2 nitrogen and oxygen atoms in total. The Morgan fingerprint density at radius 1 is 0.298 bits per heavy atom. The SMILES string of the molecule is c1ccc(-c2ccc(-n3c4ccccc4c4ccc(-c5cccc(-c6cccc(N(c7ccccc7)c7ccc8c(c7)sc7ccccc78)c6)c5)cc43)cc2)cc1. The summed E-state index contributed by atoms with van der Waals surface area (Å²) in [7, 11) is 0. The van der Waals surface area contributed by atoms with E-state index in [1.54, 1.807) is 0 Å². The van der Waals surface area contributed by atoms with E-state index in [0.29, 0.717) is 0 Å². The maximum Gasteiger partial charge on any atom is 0.0547 e. The van der Waals surface area contributed by atoms with Crippen LogP contribution < -0.4 is 4.90 Å². The number of nitrogens with zero attached hydrogens (tertiary/aromatic N) is 2. The van der Waals surface area contributed by atoms with Crippen molar-refractivity contribution >= 4 is 70.4 Å². The summed E-state index contributed by atoms with van der Waals surface area (Å²) in [6.45, 7) is 0. The van der Waals surface area contributed by atoms with Crippen LogP contribution in [0, 0.1) is 0 Å². The lowest BCUT2D eigenvalue weighted by Crippen LogP contribution is -2.09. The van der Waals surface area contributed by atoms with Crippen LogP contribution in [0.15, 0.2) is 218 Å². The lowest BCUT2D eigenvalue weighted by Gasteiger charge is -2.26. The molecule has 2 heterocycles. The van der Waals surface area contributed by atoms with Gasteiger partial charge >= 0.3 is 0 Å². The molecule has 11 rings (SSSR count). The van der Waals surface area contributed by atoms with E-state index in [1.807, 2.05) is 11.3 Å². The molecular formula is C54H36N2S. The second kappa shape index (κ2) is 13.8. The van der Waals surface area contributed by atoms with Crippen molar-refractivity contribution in [2.75, 3.05) is 4.90 Å². The summed E-state index contributed by atoms with van der Waals surface area (Å²) >= 11 is 1.86. The average Bonchev–Trinajstić information content (AvgIpc) is 3.82. The molecule has 2 aromatic heterocycles. The van der Waals surface area contributed by atoms with E-state index in [-0.39, 0.29) is 0 Å². The third-order valence-electron chi connectivity index (χ3n) is 11.2. The van der Waals surface area contributed by atoms with Crippen LogP contribution in [0.25, 0.3) is 81.0 Å². The molecule has 11 aromatic rings. The van der Waals surface area contributed by atoms with Crippen molar-refractivity contribution in [1.29, 1.82) is 0 Å². The molecule has 0 atom stereocenters. The quantitative estimate of drug-likeness (QED) is 0.158. The first-order valence-corrected chi connectivity index (χ1v) is 20.2. The molecule has 0 N–H and O–H groups in total. The fourth-order valence-corrected chi connectivity index (χ4v) is 9.58. The highest BCUT2D eigenvalue weighted by Gasteiger charge is 2.17. The van der Waals surface area contributed by atoms with Gasteiger partial charge in [0, 0.05) is 53.7 Å². The van der Waals surface area contributed by atoms with Crippen molar-refractivity contribution in [3.63, 3.8) is 0 Å². The molecule has 0 unspecified atom stereocenters. The van der Waals surface area contributed by atoms with Crippen molar-refractivity contribution in [3.05, 3.63) is 218 Å². The van der Waals surface area contributed by atoms with Gasteiger partial charge in [0.2, 0.25) is 0 Å². The molecule has 0 aliphatic heterocycles. The Bertz CT molecular complexity index is 3230. The highest BCUT2D eigenvalue weighted by molar-refractivity contribution is 7.25. The minimum atomic E-state index is 1.12. The van der Waals surface area contributed by atoms with Crippen LogP contribution in [-0.2, 0) is 0 Å². The number of benzene rings is 9. The Morgan fingerprint density at radius 2 is 0.825 bits per heavy atom. The zero-order valence-electron chi connectivity index (χ0n) is 31.1. The van der Waals surface area contributed by atoms with Gasteiger partial charge in [0.05, 0.1) is 11.0 Å². The predicted molar refractivity (Wildman–Crippen MR) is 245 cm³/mol. The predicted octanol–water partition coefficient (Wildman–Crippen LogP) is 15.6. The molecule has 268 valence electrons. The first-order chi connectivity index (χ1) is 28.2. The highest BCUT2D eigenvalue weighted by Crippen LogP contribution is 2.42. The molecule has 0 fully saturated rings. The molecule has 0 spiro atoms. The summed E-state index contributed by atoms with van der Waals surface area (Å²) in [4.78, 5) is 2.37. The molecule has 9 aromatic carbocycles. The second-order valence-corrected chi connectivity index (χ2v) is 15.7. The Balaban J connectivity index is 0.985. The normalized spacial score (nSPS) is 11.5. The maximum absolute atomic E-state index is 2.41. The van der Waals surface area contributed by atoms with Crippen LogP contribution in [0.2, 0.25) is 0 Å². The largest absolute Gasteiger partial charge is 0.310 e. The summed E-state index contributed by atoms with van der Waals surface area (Å²) in [5, 5.41) is 5.12. The van der Waals surface area contributed by atoms with Crippen LogP contribution >= 0.6 is 11.3 Å². The molecule has 0 aliphatic carbocycles. The Kier molecular flexibility index (Phi) is 8.04. The molecule has 0 saturated carbocycles. The van der Waals surface area contributed by atoms with Gasteiger partial charge in [-0.05, 0) is 106 Å². The number of fused-ring (bicyclic) bond motifs is 6. The number of rotatable bonds is 7. The number of thiophene rings is 1. The second-order valence-electron chi connectivity index (χ2n) is 14.6. The molecule has 0 amide bonds. The number of para-hydroxylation sites is 2. The number of hydrogen-bond acceptors (Lipinski definition) is 2. The molecule has 0 aliphatic rings. The van der Waals surface area contributed by atoms with Crippen molar-refractivity contribution in [2.45, 2.75) is 0 Å². The van der Waals surface area contributed by atoms with Crippen LogP contribution in [0.1, 0.15) is 0 Å². The van der Waals surface area contributed by atoms with Gasteiger partial charge in [-0.15, -0.1) is 11.3 Å². The van der Waals surface area contributed by atoms with E-state index < -0.39 is 0 Å². The van der Waals surface area contributed by atoms with Gasteiger partial charge in [-0.2, -0.15) is 0 Å². The zero-order valence-corrected chi connectivity index (χ0v) is 31.9. The van der Waals surface area contributed by atoms with E-state index in [2.05, 4.69) is 228 Å². The average molecular weight is 745 g/mol. The molecule has 0 saturated heterocycles. The fraction of sp³-hybridized carbons (Fsp3) is 0. The van der Waals surface area contributed by atoms with Gasteiger partial charge in [0.15, 0.2) is 0 Å². The highest BCUT2D eigenvalue weighted by atomic mass is 32.1. The Labute approximate surface area is 335 Å². The van der Waals surface area contributed by atoms with E-state index in [9.17, 15) is 0 Å². The first-order valence-electron chi connectivity index (χ1n) is 19.4. The maximum atomic E-state index is 2.41. The van der Waals surface area contributed by atoms with Gasteiger partial charge in [-0.3, -0.25) is 0 Å². The summed E-state index contributed by atoms with van der Waals surface area (Å²) in [6, 6.07) is 79.4. The van der Waals surface area contributed by atoms with Crippen molar-refractivity contribution in [2.24, 2.45) is 0 Å². The Morgan fingerprint density at radius 3 is 1.63 bits per heavy atom. The van der Waals surface area contributed by atoms with E-state index >= 15 is 0 Å². The summed E-state index contributed by atoms with van der Waals surface area (Å²) in [5.74, 6) is 0. The van der Waals surface area contributed by atoms with Crippen LogP contribution in [0.4, 0.5) is 17.1 Å². The smallest absolute Gasteiger partial charge is 0.0547 e. The lowest BCUT2D eigenvalue weighted by atomic mass is 9.97. The number of anilines is 3. The first kappa shape index (κ1) is 33.2.